The first kappa shape index (κ1) is 11.7. The van der Waals surface area contributed by atoms with E-state index < -0.39 is 0 Å². The average molecular weight is 212 g/mol. The summed E-state index contributed by atoms with van der Waals surface area (Å²) in [7, 11) is 2.12. The lowest BCUT2D eigenvalue weighted by Gasteiger charge is -2.04. The Kier molecular flexibility index (Phi) is 4.55. The first-order valence-electron chi connectivity index (χ1n) is 4.98. The highest BCUT2D eigenvalue weighted by Crippen LogP contribution is 2.12. The van der Waals surface area contributed by atoms with Gasteiger partial charge < -0.3 is 9.88 Å². The van der Waals surface area contributed by atoms with E-state index in [0.717, 1.165) is 13.1 Å². The topological polar surface area (TPSA) is 17.0 Å². The molecule has 0 aromatic carbocycles. The van der Waals surface area contributed by atoms with Crippen molar-refractivity contribution >= 4 is 11.8 Å². The molecule has 0 atom stereocenters. The van der Waals surface area contributed by atoms with Crippen LogP contribution in [0.25, 0.3) is 0 Å². The Labute approximate surface area is 91.1 Å². The summed E-state index contributed by atoms with van der Waals surface area (Å²) in [6, 6.07) is 2.27. The molecule has 1 rings (SSSR count). The van der Waals surface area contributed by atoms with Gasteiger partial charge in [0.25, 0.3) is 0 Å². The fourth-order valence-corrected chi connectivity index (χ4v) is 1.86. The van der Waals surface area contributed by atoms with E-state index in [9.17, 15) is 0 Å². The zero-order valence-corrected chi connectivity index (χ0v) is 10.4. The summed E-state index contributed by atoms with van der Waals surface area (Å²) in [5, 5.41) is 3.45. The molecule has 0 aliphatic carbocycles. The van der Waals surface area contributed by atoms with Gasteiger partial charge in [0.1, 0.15) is 0 Å². The third kappa shape index (κ3) is 2.79. The predicted molar refractivity (Wildman–Crippen MR) is 65.0 cm³/mol. The molecule has 0 fully saturated rings. The van der Waals surface area contributed by atoms with Crippen molar-refractivity contribution in [3.05, 3.63) is 23.0 Å². The van der Waals surface area contributed by atoms with Gasteiger partial charge in [0.05, 0.1) is 0 Å². The van der Waals surface area contributed by atoms with Crippen LogP contribution in [0.5, 0.6) is 0 Å². The number of rotatable bonds is 5. The van der Waals surface area contributed by atoms with Gasteiger partial charge in [0.2, 0.25) is 0 Å². The molecule has 0 aliphatic rings. The molecule has 1 heterocycles. The maximum Gasteiger partial charge on any atom is 0.0223 e. The molecule has 80 valence electrons. The SMILES string of the molecule is CSCCNCc1cc(C)n(C)c1C. The van der Waals surface area contributed by atoms with Gasteiger partial charge in [-0.2, -0.15) is 11.8 Å². The van der Waals surface area contributed by atoms with E-state index in [0.29, 0.717) is 0 Å². The number of thioether (sulfide) groups is 1. The second-order valence-electron chi connectivity index (χ2n) is 3.62. The quantitative estimate of drug-likeness (QED) is 0.753. The molecule has 3 heteroatoms. The van der Waals surface area contributed by atoms with Crippen molar-refractivity contribution in [3.63, 3.8) is 0 Å². The molecule has 0 radical (unpaired) electrons. The van der Waals surface area contributed by atoms with Gasteiger partial charge in [0, 0.05) is 37.3 Å². The van der Waals surface area contributed by atoms with E-state index >= 15 is 0 Å². The summed E-state index contributed by atoms with van der Waals surface area (Å²) in [5.74, 6) is 1.19. The Bertz CT molecular complexity index is 292. The van der Waals surface area contributed by atoms with Crippen LogP contribution >= 0.6 is 11.8 Å². The van der Waals surface area contributed by atoms with E-state index in [1.54, 1.807) is 0 Å². The Morgan fingerprint density at radius 1 is 1.43 bits per heavy atom. The van der Waals surface area contributed by atoms with Gasteiger partial charge in [-0.3, -0.25) is 0 Å². The molecule has 0 saturated carbocycles. The molecule has 0 saturated heterocycles. The highest BCUT2D eigenvalue weighted by Gasteiger charge is 2.04. The van der Waals surface area contributed by atoms with E-state index in [1.807, 2.05) is 11.8 Å². The lowest BCUT2D eigenvalue weighted by atomic mass is 10.2. The molecule has 0 bridgehead atoms. The standard InChI is InChI=1S/C11H20N2S/c1-9-7-11(10(2)13(9)3)8-12-5-6-14-4/h7,12H,5-6,8H2,1-4H3. The molecular weight excluding hydrogens is 192 g/mol. The lowest BCUT2D eigenvalue weighted by Crippen LogP contribution is -2.16. The lowest BCUT2D eigenvalue weighted by molar-refractivity contribution is 0.723. The fourth-order valence-electron chi connectivity index (χ4n) is 1.51. The summed E-state index contributed by atoms with van der Waals surface area (Å²) in [5.41, 5.74) is 4.13. The number of nitrogens with zero attached hydrogens (tertiary/aromatic N) is 1. The maximum absolute atomic E-state index is 3.45. The highest BCUT2D eigenvalue weighted by molar-refractivity contribution is 7.98. The molecule has 14 heavy (non-hydrogen) atoms. The number of nitrogens with one attached hydrogen (secondary N) is 1. The van der Waals surface area contributed by atoms with Crippen molar-refractivity contribution < 1.29 is 0 Å². The molecule has 1 N–H and O–H groups in total. The van der Waals surface area contributed by atoms with Crippen molar-refractivity contribution in [1.82, 2.24) is 9.88 Å². The van der Waals surface area contributed by atoms with Crippen LogP contribution in [0.3, 0.4) is 0 Å². The minimum Gasteiger partial charge on any atom is -0.352 e. The second kappa shape index (κ2) is 5.47. The van der Waals surface area contributed by atoms with Crippen molar-refractivity contribution in [2.45, 2.75) is 20.4 Å². The third-order valence-electron chi connectivity index (χ3n) is 2.68. The summed E-state index contributed by atoms with van der Waals surface area (Å²) in [4.78, 5) is 0. The normalized spacial score (nSPS) is 10.9. The smallest absolute Gasteiger partial charge is 0.0223 e. The predicted octanol–water partition coefficient (Wildman–Crippen LogP) is 2.09. The summed E-state index contributed by atoms with van der Waals surface area (Å²) in [6.45, 7) is 6.42. The largest absolute Gasteiger partial charge is 0.352 e. The first-order chi connectivity index (χ1) is 6.66. The summed E-state index contributed by atoms with van der Waals surface area (Å²) >= 11 is 1.88. The highest BCUT2D eigenvalue weighted by atomic mass is 32.2. The van der Waals surface area contributed by atoms with E-state index in [-0.39, 0.29) is 0 Å². The van der Waals surface area contributed by atoms with Gasteiger partial charge in [-0.25, -0.2) is 0 Å². The Balaban J connectivity index is 2.47. The van der Waals surface area contributed by atoms with Crippen molar-refractivity contribution in [2.24, 2.45) is 7.05 Å². The fraction of sp³-hybridized carbons (Fsp3) is 0.636. The molecule has 1 aromatic heterocycles. The van der Waals surface area contributed by atoms with Crippen LogP contribution in [0.4, 0.5) is 0 Å². The summed E-state index contributed by atoms with van der Waals surface area (Å²) in [6.07, 6.45) is 2.14. The van der Waals surface area contributed by atoms with Crippen molar-refractivity contribution in [3.8, 4) is 0 Å². The van der Waals surface area contributed by atoms with Crippen LogP contribution < -0.4 is 5.32 Å². The molecule has 0 spiro atoms. The third-order valence-corrected chi connectivity index (χ3v) is 3.29. The number of aryl methyl sites for hydroxylation is 1. The monoisotopic (exact) mass is 212 g/mol. The minimum absolute atomic E-state index is 0.994. The molecule has 2 nitrogen and oxygen atoms in total. The summed E-state index contributed by atoms with van der Waals surface area (Å²) < 4.78 is 2.24. The van der Waals surface area contributed by atoms with Gasteiger partial charge in [0.15, 0.2) is 0 Å². The molecule has 0 unspecified atom stereocenters. The van der Waals surface area contributed by atoms with E-state index in [2.05, 4.69) is 43.1 Å². The Hall–Kier alpha value is -0.410. The van der Waals surface area contributed by atoms with Crippen LogP contribution in [-0.4, -0.2) is 23.1 Å². The van der Waals surface area contributed by atoms with Gasteiger partial charge >= 0.3 is 0 Å². The average Bonchev–Trinajstić information content (AvgIpc) is 2.41. The zero-order chi connectivity index (χ0) is 10.6. The number of hydrogen-bond acceptors (Lipinski definition) is 2. The van der Waals surface area contributed by atoms with Crippen molar-refractivity contribution in [2.75, 3.05) is 18.6 Å². The van der Waals surface area contributed by atoms with E-state index in [1.165, 1.54) is 22.7 Å². The minimum atomic E-state index is 0.994. The maximum atomic E-state index is 3.45. The van der Waals surface area contributed by atoms with Gasteiger partial charge in [-0.15, -0.1) is 0 Å². The second-order valence-corrected chi connectivity index (χ2v) is 4.61. The van der Waals surface area contributed by atoms with Crippen LogP contribution in [0.15, 0.2) is 6.07 Å². The molecular formula is C11H20N2S. The van der Waals surface area contributed by atoms with Crippen LogP contribution in [0, 0.1) is 13.8 Å². The Morgan fingerprint density at radius 2 is 2.14 bits per heavy atom. The zero-order valence-electron chi connectivity index (χ0n) is 9.55. The molecule has 0 aliphatic heterocycles. The van der Waals surface area contributed by atoms with Crippen LogP contribution in [0.1, 0.15) is 17.0 Å². The van der Waals surface area contributed by atoms with Crippen molar-refractivity contribution in [1.29, 1.82) is 0 Å². The Morgan fingerprint density at radius 3 is 2.64 bits per heavy atom. The van der Waals surface area contributed by atoms with Gasteiger partial charge in [-0.1, -0.05) is 0 Å². The number of hydrogen-bond donors (Lipinski definition) is 1. The molecule has 1 aromatic rings. The van der Waals surface area contributed by atoms with Crippen LogP contribution in [0.2, 0.25) is 0 Å². The number of aromatic nitrogens is 1. The van der Waals surface area contributed by atoms with Crippen LogP contribution in [-0.2, 0) is 13.6 Å². The van der Waals surface area contributed by atoms with E-state index in [4.69, 9.17) is 0 Å². The van der Waals surface area contributed by atoms with Gasteiger partial charge in [-0.05, 0) is 31.7 Å². The first-order valence-corrected chi connectivity index (χ1v) is 6.37. The molecule has 0 amide bonds.